The predicted octanol–water partition coefficient (Wildman–Crippen LogP) is -0.758. The third kappa shape index (κ3) is 2.68. The molecule has 3 rings (SSSR count). The average molecular weight is 314 g/mol. The van der Waals surface area contributed by atoms with Crippen LogP contribution < -0.4 is 11.1 Å². The van der Waals surface area contributed by atoms with Crippen molar-refractivity contribution in [2.24, 2.45) is 5.73 Å². The largest absolute Gasteiger partial charge is 0.388 e. The molecule has 9 heteroatoms. The lowest BCUT2D eigenvalue weighted by molar-refractivity contribution is -0.136. The van der Waals surface area contributed by atoms with Crippen molar-refractivity contribution in [3.63, 3.8) is 0 Å². The minimum absolute atomic E-state index is 0.0767. The molecule has 2 aromatic heterocycles. The van der Waals surface area contributed by atoms with Gasteiger partial charge in [0.1, 0.15) is 17.7 Å². The van der Waals surface area contributed by atoms with Crippen LogP contribution >= 0.6 is 11.6 Å². The Kier molecular flexibility index (Phi) is 3.96. The number of hydrogen-bond acceptors (Lipinski definition) is 7. The summed E-state index contributed by atoms with van der Waals surface area (Å²) in [6.07, 6.45) is -0.904. The minimum Gasteiger partial charge on any atom is -0.388 e. The Morgan fingerprint density at radius 2 is 2.29 bits per heavy atom. The monoisotopic (exact) mass is 313 g/mol. The molecule has 0 amide bonds. The van der Waals surface area contributed by atoms with Crippen LogP contribution in [0.15, 0.2) is 18.3 Å². The molecule has 0 radical (unpaired) electrons. The molecule has 1 fully saturated rings. The summed E-state index contributed by atoms with van der Waals surface area (Å²) in [5, 5.41) is 27.3. The van der Waals surface area contributed by atoms with Gasteiger partial charge in [-0.1, -0.05) is 0 Å². The van der Waals surface area contributed by atoms with Crippen molar-refractivity contribution in [3.8, 4) is 0 Å². The van der Waals surface area contributed by atoms with Gasteiger partial charge in [-0.05, 0) is 23.7 Å². The van der Waals surface area contributed by atoms with E-state index in [0.29, 0.717) is 11.3 Å². The number of hydrogen-bond donors (Lipinski definition) is 4. The second kappa shape index (κ2) is 5.74. The standard InChI is InChI=1S/C12H16ClN5O3/c13-12-16-11(7-2-1-3-18(7)17-12)15-6-5-21-8(4-14)10(20)9(6)19/h1-3,6,8-10,19-20H,4-5,14H2,(H,15,16,17)/t6-,8+,9+,10-/m0/s1. The summed E-state index contributed by atoms with van der Waals surface area (Å²) < 4.78 is 7.01. The summed E-state index contributed by atoms with van der Waals surface area (Å²) in [4.78, 5) is 4.12. The van der Waals surface area contributed by atoms with Crippen LogP contribution in [-0.4, -0.2) is 62.3 Å². The predicted molar refractivity (Wildman–Crippen MR) is 76.2 cm³/mol. The summed E-state index contributed by atoms with van der Waals surface area (Å²) in [6, 6.07) is 3.10. The second-order valence-electron chi connectivity index (χ2n) is 4.91. The molecule has 1 aliphatic heterocycles. The van der Waals surface area contributed by atoms with Gasteiger partial charge in [0.05, 0.1) is 18.8 Å². The first-order valence-electron chi connectivity index (χ1n) is 6.55. The fraction of sp³-hybridized carbons (Fsp3) is 0.500. The highest BCUT2D eigenvalue weighted by Gasteiger charge is 2.38. The lowest BCUT2D eigenvalue weighted by atomic mass is 9.98. The lowest BCUT2D eigenvalue weighted by Gasteiger charge is -2.37. The molecule has 114 valence electrons. The SMILES string of the molecule is NC[C@H]1OC[C@H](Nc2nc(Cl)nn3cccc23)[C@@H](O)[C@H]1O. The van der Waals surface area contributed by atoms with Crippen LogP contribution in [-0.2, 0) is 4.74 Å². The van der Waals surface area contributed by atoms with Crippen molar-refractivity contribution in [1.29, 1.82) is 0 Å². The molecular formula is C12H16ClN5O3. The van der Waals surface area contributed by atoms with Crippen molar-refractivity contribution >= 4 is 22.9 Å². The Bertz CT molecular complexity index is 636. The number of halogens is 1. The topological polar surface area (TPSA) is 118 Å². The van der Waals surface area contributed by atoms with Crippen molar-refractivity contribution in [2.45, 2.75) is 24.4 Å². The number of aliphatic hydroxyl groups excluding tert-OH is 2. The molecule has 5 N–H and O–H groups in total. The zero-order chi connectivity index (χ0) is 15.0. The molecule has 2 aromatic rings. The Labute approximate surface area is 125 Å². The number of fused-ring (bicyclic) bond motifs is 1. The van der Waals surface area contributed by atoms with Crippen LogP contribution in [0.2, 0.25) is 5.28 Å². The van der Waals surface area contributed by atoms with E-state index in [9.17, 15) is 10.2 Å². The number of nitrogens with zero attached hydrogens (tertiary/aromatic N) is 3. The summed E-state index contributed by atoms with van der Waals surface area (Å²) in [5.74, 6) is 0.464. The molecule has 1 saturated heterocycles. The molecule has 1 aliphatic rings. The Balaban J connectivity index is 1.84. The van der Waals surface area contributed by atoms with Gasteiger partial charge in [0.15, 0.2) is 5.82 Å². The van der Waals surface area contributed by atoms with Crippen molar-refractivity contribution in [2.75, 3.05) is 18.5 Å². The number of nitrogens with two attached hydrogens (primary N) is 1. The van der Waals surface area contributed by atoms with E-state index in [0.717, 1.165) is 0 Å². The van der Waals surface area contributed by atoms with Gasteiger partial charge in [-0.15, -0.1) is 5.10 Å². The van der Waals surface area contributed by atoms with Crippen molar-refractivity contribution in [3.05, 3.63) is 23.6 Å². The molecule has 0 unspecified atom stereocenters. The number of aliphatic hydroxyl groups is 2. The van der Waals surface area contributed by atoms with Crippen LogP contribution in [0.3, 0.4) is 0 Å². The third-order valence-electron chi connectivity index (χ3n) is 3.55. The van der Waals surface area contributed by atoms with E-state index in [2.05, 4.69) is 15.4 Å². The van der Waals surface area contributed by atoms with E-state index in [1.807, 2.05) is 6.07 Å². The van der Waals surface area contributed by atoms with Gasteiger partial charge in [-0.3, -0.25) is 0 Å². The Hall–Kier alpha value is -1.45. The van der Waals surface area contributed by atoms with E-state index in [1.165, 1.54) is 0 Å². The first kappa shape index (κ1) is 14.5. The molecule has 8 nitrogen and oxygen atoms in total. The smallest absolute Gasteiger partial charge is 0.243 e. The normalized spacial score (nSPS) is 29.7. The van der Waals surface area contributed by atoms with E-state index in [-0.39, 0.29) is 18.4 Å². The summed E-state index contributed by atoms with van der Waals surface area (Å²) in [7, 11) is 0. The summed E-state index contributed by atoms with van der Waals surface area (Å²) in [5.41, 5.74) is 6.19. The van der Waals surface area contributed by atoms with E-state index in [1.54, 1.807) is 16.8 Å². The Morgan fingerprint density at radius 3 is 3.05 bits per heavy atom. The van der Waals surface area contributed by atoms with Gasteiger partial charge in [0, 0.05) is 12.7 Å². The second-order valence-corrected chi connectivity index (χ2v) is 5.25. The molecular weight excluding hydrogens is 298 g/mol. The molecule has 3 heterocycles. The maximum absolute atomic E-state index is 10.2. The maximum atomic E-state index is 10.2. The number of rotatable bonds is 3. The minimum atomic E-state index is -1.05. The highest BCUT2D eigenvalue weighted by Crippen LogP contribution is 2.22. The van der Waals surface area contributed by atoms with Gasteiger partial charge >= 0.3 is 0 Å². The maximum Gasteiger partial charge on any atom is 0.243 e. The molecule has 4 atom stereocenters. The van der Waals surface area contributed by atoms with Gasteiger partial charge < -0.3 is 26.0 Å². The van der Waals surface area contributed by atoms with Crippen LogP contribution in [0.1, 0.15) is 0 Å². The molecule has 0 saturated carbocycles. The number of aromatic nitrogens is 3. The fourth-order valence-electron chi connectivity index (χ4n) is 2.41. The zero-order valence-electron chi connectivity index (χ0n) is 11.1. The van der Waals surface area contributed by atoms with Crippen LogP contribution in [0, 0.1) is 0 Å². The lowest BCUT2D eigenvalue weighted by Crippen LogP contribution is -2.57. The van der Waals surface area contributed by atoms with E-state index < -0.39 is 24.4 Å². The van der Waals surface area contributed by atoms with E-state index in [4.69, 9.17) is 22.1 Å². The number of anilines is 1. The van der Waals surface area contributed by atoms with E-state index >= 15 is 0 Å². The van der Waals surface area contributed by atoms with Crippen LogP contribution in [0.25, 0.3) is 5.52 Å². The quantitative estimate of drug-likeness (QED) is 0.588. The summed E-state index contributed by atoms with van der Waals surface area (Å²) in [6.45, 7) is 0.349. The molecule has 0 aliphatic carbocycles. The third-order valence-corrected chi connectivity index (χ3v) is 3.71. The van der Waals surface area contributed by atoms with Gasteiger partial charge in [0.2, 0.25) is 5.28 Å². The summed E-state index contributed by atoms with van der Waals surface area (Å²) >= 11 is 5.87. The Morgan fingerprint density at radius 1 is 1.48 bits per heavy atom. The van der Waals surface area contributed by atoms with Gasteiger partial charge in [0.25, 0.3) is 0 Å². The van der Waals surface area contributed by atoms with Gasteiger partial charge in [-0.2, -0.15) is 4.98 Å². The van der Waals surface area contributed by atoms with Crippen molar-refractivity contribution in [1.82, 2.24) is 14.6 Å². The zero-order valence-corrected chi connectivity index (χ0v) is 11.8. The average Bonchev–Trinajstić information content (AvgIpc) is 2.92. The fourth-order valence-corrected chi connectivity index (χ4v) is 2.57. The van der Waals surface area contributed by atoms with Crippen molar-refractivity contribution < 1.29 is 14.9 Å². The molecule has 0 bridgehead atoms. The van der Waals surface area contributed by atoms with Crippen LogP contribution in [0.4, 0.5) is 5.82 Å². The molecule has 21 heavy (non-hydrogen) atoms. The molecule has 0 aromatic carbocycles. The number of ether oxygens (including phenoxy) is 1. The first-order valence-corrected chi connectivity index (χ1v) is 6.93. The highest BCUT2D eigenvalue weighted by molar-refractivity contribution is 6.28. The first-order chi connectivity index (χ1) is 10.1. The number of nitrogens with one attached hydrogen (secondary N) is 1. The highest BCUT2D eigenvalue weighted by atomic mass is 35.5. The molecule has 0 spiro atoms. The van der Waals surface area contributed by atoms with Crippen LogP contribution in [0.5, 0.6) is 0 Å². The van der Waals surface area contributed by atoms with Gasteiger partial charge in [-0.25, -0.2) is 4.52 Å².